The van der Waals surface area contributed by atoms with E-state index in [1.165, 1.54) is 4.90 Å². The molecule has 0 spiro atoms. The Labute approximate surface area is 243 Å². The maximum absolute atomic E-state index is 14.0. The van der Waals surface area contributed by atoms with Gasteiger partial charge in [0.25, 0.3) is 0 Å². The van der Waals surface area contributed by atoms with E-state index in [2.05, 4.69) is 11.6 Å². The lowest BCUT2D eigenvalue weighted by Crippen LogP contribution is -2.47. The van der Waals surface area contributed by atoms with Crippen LogP contribution in [0.2, 0.25) is 0 Å². The van der Waals surface area contributed by atoms with E-state index in [0.29, 0.717) is 25.7 Å². The van der Waals surface area contributed by atoms with E-state index in [1.54, 1.807) is 20.8 Å². The first-order chi connectivity index (χ1) is 19.0. The minimum atomic E-state index is -3.80. The molecule has 4 rings (SSSR count). The van der Waals surface area contributed by atoms with Crippen LogP contribution in [0.5, 0.6) is 0 Å². The molecule has 0 unspecified atom stereocenters. The van der Waals surface area contributed by atoms with Gasteiger partial charge in [-0.05, 0) is 70.6 Å². The minimum absolute atomic E-state index is 0.0354. The number of ether oxygens (including phenoxy) is 1. The zero-order valence-electron chi connectivity index (χ0n) is 24.9. The number of amides is 2. The fourth-order valence-corrected chi connectivity index (χ4v) is 7.69. The van der Waals surface area contributed by atoms with Gasteiger partial charge in [0.2, 0.25) is 21.8 Å². The van der Waals surface area contributed by atoms with Gasteiger partial charge in [-0.25, -0.2) is 8.42 Å². The zero-order chi connectivity index (χ0) is 30.3. The fraction of sp³-hybridized carbons (Fsp3) is 0.800. The van der Waals surface area contributed by atoms with Crippen LogP contribution in [0.25, 0.3) is 0 Å². The number of hydrogen-bond donors (Lipinski definition) is 2. The molecule has 0 aromatic carbocycles. The van der Waals surface area contributed by atoms with Crippen LogP contribution in [0.1, 0.15) is 92.4 Å². The highest BCUT2D eigenvalue weighted by atomic mass is 32.2. The molecule has 3 fully saturated rings. The van der Waals surface area contributed by atoms with E-state index in [-0.39, 0.29) is 55.3 Å². The van der Waals surface area contributed by atoms with Crippen molar-refractivity contribution in [2.75, 3.05) is 6.54 Å². The summed E-state index contributed by atoms with van der Waals surface area (Å²) in [6.45, 7) is 9.25. The van der Waals surface area contributed by atoms with Gasteiger partial charge in [-0.3, -0.25) is 23.9 Å². The number of allylic oxidation sites excluding steroid dienone is 2. The quantitative estimate of drug-likeness (QED) is 0.365. The lowest BCUT2D eigenvalue weighted by Gasteiger charge is -2.32. The molecule has 0 aromatic heterocycles. The first-order valence-corrected chi connectivity index (χ1v) is 16.5. The van der Waals surface area contributed by atoms with E-state index in [1.807, 2.05) is 19.1 Å². The van der Waals surface area contributed by atoms with Crippen LogP contribution in [0.4, 0.5) is 0 Å². The number of carbonyl (C=O) groups is 4. The highest BCUT2D eigenvalue weighted by molar-refractivity contribution is 7.90. The molecule has 0 aromatic rings. The predicted molar refractivity (Wildman–Crippen MR) is 152 cm³/mol. The lowest BCUT2D eigenvalue weighted by molar-refractivity contribution is -0.159. The van der Waals surface area contributed by atoms with Crippen molar-refractivity contribution in [2.45, 2.75) is 115 Å². The number of rotatable bonds is 5. The van der Waals surface area contributed by atoms with Gasteiger partial charge in [0, 0.05) is 19.4 Å². The smallest absolute Gasteiger partial charge is 0.307 e. The summed E-state index contributed by atoms with van der Waals surface area (Å²) in [6.07, 6.45) is 6.42. The maximum Gasteiger partial charge on any atom is 0.307 e. The van der Waals surface area contributed by atoms with Crippen LogP contribution in [0.3, 0.4) is 0 Å². The molecule has 10 nitrogen and oxygen atoms in total. The number of sulfonamides is 1. The molecule has 0 bridgehead atoms. The second-order valence-corrected chi connectivity index (χ2v) is 15.8. The SMILES string of the molecule is C[C@@H]1/C=C\[C@@H]2C[C@@]2(C(=O)NS(=O)(=O)C2CC2)CC(=O)[C@@H]2C[C@@H](O)CN2C(=O)[C@@H](CC(=O)OC(C)(C)C)[C@H](C)CCC1. The molecule has 2 aliphatic carbocycles. The number of carbonyl (C=O) groups excluding carboxylic acids is 4. The Morgan fingerprint density at radius 1 is 1.12 bits per heavy atom. The first kappa shape index (κ1) is 31.7. The maximum atomic E-state index is 14.0. The third-order valence-electron chi connectivity index (χ3n) is 9.01. The normalized spacial score (nSPS) is 35.9. The van der Waals surface area contributed by atoms with Crippen LogP contribution < -0.4 is 4.72 Å². The summed E-state index contributed by atoms with van der Waals surface area (Å²) in [4.78, 5) is 55.4. The largest absolute Gasteiger partial charge is 0.460 e. The van der Waals surface area contributed by atoms with Crippen LogP contribution in [-0.4, -0.2) is 71.5 Å². The number of nitrogens with zero attached hydrogens (tertiary/aromatic N) is 1. The first-order valence-electron chi connectivity index (χ1n) is 15.0. The minimum Gasteiger partial charge on any atom is -0.460 e. The van der Waals surface area contributed by atoms with Gasteiger partial charge in [-0.1, -0.05) is 32.4 Å². The molecule has 230 valence electrons. The molecule has 0 radical (unpaired) electrons. The Kier molecular flexibility index (Phi) is 9.10. The van der Waals surface area contributed by atoms with E-state index in [0.717, 1.165) is 12.8 Å². The third kappa shape index (κ3) is 7.58. The Balaban J connectivity index is 1.62. The van der Waals surface area contributed by atoms with Crippen LogP contribution in [0.15, 0.2) is 12.2 Å². The Morgan fingerprint density at radius 3 is 2.44 bits per heavy atom. The van der Waals surface area contributed by atoms with Crippen molar-refractivity contribution < 1.29 is 37.4 Å². The van der Waals surface area contributed by atoms with Gasteiger partial charge in [0.1, 0.15) is 5.60 Å². The highest BCUT2D eigenvalue weighted by Gasteiger charge is 2.61. The van der Waals surface area contributed by atoms with Gasteiger partial charge < -0.3 is 14.7 Å². The van der Waals surface area contributed by atoms with Gasteiger partial charge in [0.15, 0.2) is 5.78 Å². The third-order valence-corrected chi connectivity index (χ3v) is 10.8. The summed E-state index contributed by atoms with van der Waals surface area (Å²) in [5, 5.41) is 9.96. The van der Waals surface area contributed by atoms with E-state index in [4.69, 9.17) is 4.74 Å². The van der Waals surface area contributed by atoms with Crippen molar-refractivity contribution in [1.29, 1.82) is 0 Å². The molecule has 2 aliphatic heterocycles. The molecule has 11 heteroatoms. The summed E-state index contributed by atoms with van der Waals surface area (Å²) >= 11 is 0. The Morgan fingerprint density at radius 2 is 1.80 bits per heavy atom. The summed E-state index contributed by atoms with van der Waals surface area (Å²) in [6, 6.07) is -0.954. The average Bonchev–Trinajstić information content (AvgIpc) is 3.76. The number of aliphatic hydroxyl groups is 1. The van der Waals surface area contributed by atoms with Gasteiger partial charge in [-0.15, -0.1) is 0 Å². The molecule has 2 amide bonds. The molecular formula is C30H46N2O8S. The topological polar surface area (TPSA) is 147 Å². The fourth-order valence-electron chi connectivity index (χ4n) is 6.30. The second-order valence-electron chi connectivity index (χ2n) is 13.8. The molecular weight excluding hydrogens is 548 g/mol. The number of fused-ring (bicyclic) bond motifs is 2. The standard InChI is InChI=1S/C30H46N2O8S/c1-18-7-6-8-19(2)23(14-26(35)40-29(3,4)5)27(36)32-17-21(33)13-24(32)25(34)16-30(15-20(30)10-9-18)28(37)31-41(38,39)22-11-12-22/h9-10,18-24,33H,6-8,11-17H2,1-5H3,(H,31,37)/b10-9-/t18-,19+,20+,21+,23-,24-,30+/m0/s1. The number of Topliss-reactive ketones (excluding diaryl/α,β-unsaturated/α-hetero) is 1. The summed E-state index contributed by atoms with van der Waals surface area (Å²) < 4.78 is 32.9. The number of aliphatic hydroxyl groups excluding tert-OH is 1. The van der Waals surface area contributed by atoms with Crippen molar-refractivity contribution in [1.82, 2.24) is 9.62 Å². The number of nitrogens with one attached hydrogen (secondary N) is 1. The number of esters is 1. The zero-order valence-corrected chi connectivity index (χ0v) is 25.7. The van der Waals surface area contributed by atoms with Crippen LogP contribution in [0, 0.1) is 29.1 Å². The molecule has 4 aliphatic rings. The van der Waals surface area contributed by atoms with Crippen LogP contribution >= 0.6 is 0 Å². The van der Waals surface area contributed by atoms with Gasteiger partial charge >= 0.3 is 5.97 Å². The number of hydrogen-bond acceptors (Lipinski definition) is 8. The highest BCUT2D eigenvalue weighted by Crippen LogP contribution is 2.57. The summed E-state index contributed by atoms with van der Waals surface area (Å²) in [5.74, 6) is -2.91. The van der Waals surface area contributed by atoms with Crippen LogP contribution in [-0.2, 0) is 33.9 Å². The lowest BCUT2D eigenvalue weighted by atomic mass is 9.84. The second kappa shape index (κ2) is 11.8. The monoisotopic (exact) mass is 594 g/mol. The molecule has 41 heavy (non-hydrogen) atoms. The molecule has 2 heterocycles. The average molecular weight is 595 g/mol. The van der Waals surface area contributed by atoms with E-state index < -0.39 is 56.2 Å². The molecule has 2 N–H and O–H groups in total. The summed E-state index contributed by atoms with van der Waals surface area (Å²) in [7, 11) is -3.80. The van der Waals surface area contributed by atoms with Crippen molar-refractivity contribution >= 4 is 33.6 Å². The van der Waals surface area contributed by atoms with Crippen molar-refractivity contribution in [3.05, 3.63) is 12.2 Å². The van der Waals surface area contributed by atoms with Gasteiger partial charge in [-0.2, -0.15) is 0 Å². The van der Waals surface area contributed by atoms with Gasteiger partial charge in [0.05, 0.1) is 35.1 Å². The molecule has 1 saturated heterocycles. The Bertz CT molecular complexity index is 1190. The van der Waals surface area contributed by atoms with E-state index in [9.17, 15) is 32.7 Å². The number of ketones is 1. The molecule has 7 atom stereocenters. The summed E-state index contributed by atoms with van der Waals surface area (Å²) in [5.41, 5.74) is -1.92. The van der Waals surface area contributed by atoms with Crippen molar-refractivity contribution in [3.8, 4) is 0 Å². The van der Waals surface area contributed by atoms with Crippen molar-refractivity contribution in [3.63, 3.8) is 0 Å². The van der Waals surface area contributed by atoms with Crippen molar-refractivity contribution in [2.24, 2.45) is 29.1 Å². The predicted octanol–water partition coefficient (Wildman–Crippen LogP) is 2.88. The Hall–Kier alpha value is -2.27. The van der Waals surface area contributed by atoms with E-state index >= 15 is 0 Å². The molecule has 2 saturated carbocycles.